The van der Waals surface area contributed by atoms with Crippen LogP contribution in [0.15, 0.2) is 36.4 Å². The monoisotopic (exact) mass is 484 g/mol. The first-order valence-corrected chi connectivity index (χ1v) is 10.9. The van der Waals surface area contributed by atoms with Gasteiger partial charge in [0.25, 0.3) is 5.91 Å². The van der Waals surface area contributed by atoms with E-state index < -0.39 is 6.04 Å². The molecule has 178 valence electrons. The van der Waals surface area contributed by atoms with Gasteiger partial charge in [-0.2, -0.15) is 5.10 Å². The van der Waals surface area contributed by atoms with Crippen molar-refractivity contribution in [1.29, 1.82) is 0 Å². The quantitative estimate of drug-likeness (QED) is 0.496. The van der Waals surface area contributed by atoms with Crippen molar-refractivity contribution in [2.24, 2.45) is 0 Å². The zero-order chi connectivity index (χ0) is 24.4. The van der Waals surface area contributed by atoms with Crippen LogP contribution in [0.5, 0.6) is 11.5 Å². The van der Waals surface area contributed by atoms with Crippen LogP contribution in [0.1, 0.15) is 23.7 Å². The average Bonchev–Trinajstić information content (AvgIpc) is 3.31. The van der Waals surface area contributed by atoms with Crippen LogP contribution < -0.4 is 20.1 Å². The lowest BCUT2D eigenvalue weighted by Crippen LogP contribution is -2.24. The summed E-state index contributed by atoms with van der Waals surface area (Å²) in [6.45, 7) is 2.04. The number of ether oxygens (including phenoxy) is 3. The van der Waals surface area contributed by atoms with Crippen LogP contribution >= 0.6 is 11.6 Å². The Bertz CT molecular complexity index is 1260. The first kappa shape index (κ1) is 23.6. The van der Waals surface area contributed by atoms with E-state index in [4.69, 9.17) is 25.8 Å². The van der Waals surface area contributed by atoms with Crippen LogP contribution in [-0.4, -0.2) is 42.9 Å². The lowest BCUT2D eigenvalue weighted by molar-refractivity contribution is -0.123. The number of nitrogens with zero attached hydrogens (tertiary/aromatic N) is 2. The number of hydrogen-bond donors (Lipinski definition) is 2. The Balaban J connectivity index is 1.66. The molecule has 2 heterocycles. The van der Waals surface area contributed by atoms with Gasteiger partial charge in [0.05, 0.1) is 38.5 Å². The second-order valence-corrected chi connectivity index (χ2v) is 8.19. The van der Waals surface area contributed by atoms with Gasteiger partial charge in [0.1, 0.15) is 11.9 Å². The fourth-order valence-electron chi connectivity index (χ4n) is 3.97. The van der Waals surface area contributed by atoms with Gasteiger partial charge in [-0.25, -0.2) is 4.68 Å². The molecule has 0 saturated carbocycles. The fourth-order valence-corrected chi connectivity index (χ4v) is 4.14. The standard InChI is InChI=1S/C24H25ClN4O5/c1-13-15(25)6-5-7-16(13)26-21(30)11-18-24(31)27-23-22(17(12-32-2)28-29(18)23)14-8-9-19(33-3)20(10-14)34-4/h5-10,18H,11-12H2,1-4H3,(H,26,30)(H,27,31). The highest BCUT2D eigenvalue weighted by atomic mass is 35.5. The summed E-state index contributed by atoms with van der Waals surface area (Å²) in [6, 6.07) is 9.91. The molecule has 1 aliphatic heterocycles. The molecule has 2 amide bonds. The van der Waals surface area contributed by atoms with Crippen LogP contribution in [0.25, 0.3) is 11.1 Å². The molecule has 0 spiro atoms. The summed E-state index contributed by atoms with van der Waals surface area (Å²) < 4.78 is 17.6. The van der Waals surface area contributed by atoms with Crippen molar-refractivity contribution in [1.82, 2.24) is 9.78 Å². The molecule has 3 aromatic rings. The van der Waals surface area contributed by atoms with Crippen molar-refractivity contribution in [3.63, 3.8) is 0 Å². The van der Waals surface area contributed by atoms with E-state index in [1.165, 1.54) is 0 Å². The molecule has 0 radical (unpaired) electrons. The number of rotatable bonds is 8. The van der Waals surface area contributed by atoms with Crippen molar-refractivity contribution in [3.8, 4) is 22.6 Å². The second kappa shape index (κ2) is 9.74. The number of carbonyl (C=O) groups excluding carboxylic acids is 2. The van der Waals surface area contributed by atoms with Gasteiger partial charge in [-0.05, 0) is 42.3 Å². The second-order valence-electron chi connectivity index (χ2n) is 7.79. The van der Waals surface area contributed by atoms with Gasteiger partial charge in [-0.3, -0.25) is 9.59 Å². The van der Waals surface area contributed by atoms with E-state index in [2.05, 4.69) is 15.7 Å². The van der Waals surface area contributed by atoms with E-state index in [9.17, 15) is 9.59 Å². The molecule has 10 heteroatoms. The van der Waals surface area contributed by atoms with Gasteiger partial charge in [0.2, 0.25) is 5.91 Å². The molecular weight excluding hydrogens is 460 g/mol. The summed E-state index contributed by atoms with van der Waals surface area (Å²) in [6.07, 6.45) is -0.0930. The predicted molar refractivity (Wildman–Crippen MR) is 129 cm³/mol. The van der Waals surface area contributed by atoms with Gasteiger partial charge >= 0.3 is 0 Å². The first-order chi connectivity index (χ1) is 16.4. The number of nitrogens with one attached hydrogen (secondary N) is 2. The SMILES string of the molecule is COCc1nn2c(c1-c1ccc(OC)c(OC)c1)NC(=O)C2CC(=O)Nc1cccc(Cl)c1C. The maximum atomic E-state index is 12.8. The smallest absolute Gasteiger partial charge is 0.251 e. The third-order valence-electron chi connectivity index (χ3n) is 5.70. The van der Waals surface area contributed by atoms with Gasteiger partial charge < -0.3 is 24.8 Å². The highest BCUT2D eigenvalue weighted by molar-refractivity contribution is 6.31. The molecule has 0 aliphatic carbocycles. The Hall–Kier alpha value is -3.56. The van der Waals surface area contributed by atoms with E-state index in [1.807, 2.05) is 19.1 Å². The maximum Gasteiger partial charge on any atom is 0.251 e. The highest BCUT2D eigenvalue weighted by Gasteiger charge is 2.37. The molecule has 4 rings (SSSR count). The number of amides is 2. The molecule has 0 fully saturated rings. The third-order valence-corrected chi connectivity index (χ3v) is 6.11. The summed E-state index contributed by atoms with van der Waals surface area (Å²) in [7, 11) is 4.68. The van der Waals surface area contributed by atoms with Crippen LogP contribution in [0.2, 0.25) is 5.02 Å². The molecule has 1 aliphatic rings. The van der Waals surface area contributed by atoms with Crippen LogP contribution in [0, 0.1) is 6.92 Å². The number of hydrogen-bond acceptors (Lipinski definition) is 6. The molecule has 1 aromatic heterocycles. The number of carbonyl (C=O) groups is 2. The molecular formula is C24H25ClN4O5. The molecule has 1 unspecified atom stereocenters. The fraction of sp³-hybridized carbons (Fsp3) is 0.292. The van der Waals surface area contributed by atoms with Crippen LogP contribution in [0.4, 0.5) is 11.5 Å². The normalized spacial score (nSPS) is 14.5. The number of anilines is 2. The van der Waals surface area contributed by atoms with Gasteiger partial charge in [0, 0.05) is 17.8 Å². The predicted octanol–water partition coefficient (Wildman–Crippen LogP) is 4.20. The maximum absolute atomic E-state index is 12.8. The first-order valence-electron chi connectivity index (χ1n) is 10.6. The topological polar surface area (TPSA) is 104 Å². The van der Waals surface area contributed by atoms with E-state index in [0.29, 0.717) is 39.3 Å². The molecule has 2 N–H and O–H groups in total. The Morgan fingerprint density at radius 1 is 1.18 bits per heavy atom. The lowest BCUT2D eigenvalue weighted by Gasteiger charge is -2.12. The van der Waals surface area contributed by atoms with Crippen LogP contribution in [-0.2, 0) is 20.9 Å². The Labute approximate surface area is 201 Å². The zero-order valence-electron chi connectivity index (χ0n) is 19.3. The molecule has 2 aromatic carbocycles. The molecule has 0 saturated heterocycles. The van der Waals surface area contributed by atoms with Crippen molar-refractivity contribution < 1.29 is 23.8 Å². The minimum absolute atomic E-state index is 0.0930. The number of halogens is 1. The minimum atomic E-state index is -0.806. The molecule has 9 nitrogen and oxygen atoms in total. The molecule has 34 heavy (non-hydrogen) atoms. The lowest BCUT2D eigenvalue weighted by atomic mass is 10.0. The molecule has 1 atom stereocenters. The van der Waals surface area contributed by atoms with Crippen molar-refractivity contribution in [2.75, 3.05) is 32.0 Å². The highest BCUT2D eigenvalue weighted by Crippen LogP contribution is 2.41. The summed E-state index contributed by atoms with van der Waals surface area (Å²) >= 11 is 6.15. The third kappa shape index (κ3) is 4.32. The van der Waals surface area contributed by atoms with Gasteiger partial charge in [-0.1, -0.05) is 23.7 Å². The van der Waals surface area contributed by atoms with Gasteiger partial charge in [0.15, 0.2) is 11.5 Å². The number of aromatic nitrogens is 2. The molecule has 0 bridgehead atoms. The average molecular weight is 485 g/mol. The summed E-state index contributed by atoms with van der Waals surface area (Å²) in [4.78, 5) is 25.6. The summed E-state index contributed by atoms with van der Waals surface area (Å²) in [5.74, 6) is 0.987. The minimum Gasteiger partial charge on any atom is -0.493 e. The Morgan fingerprint density at radius 2 is 1.94 bits per heavy atom. The Morgan fingerprint density at radius 3 is 2.65 bits per heavy atom. The zero-order valence-corrected chi connectivity index (χ0v) is 20.0. The van der Waals surface area contributed by atoms with E-state index in [-0.39, 0.29) is 24.8 Å². The number of benzene rings is 2. The number of methoxy groups -OCH3 is 3. The van der Waals surface area contributed by atoms with Crippen LogP contribution in [0.3, 0.4) is 0 Å². The van der Waals surface area contributed by atoms with E-state index in [0.717, 1.165) is 11.1 Å². The Kier molecular flexibility index (Phi) is 6.76. The van der Waals surface area contributed by atoms with Gasteiger partial charge in [-0.15, -0.1) is 0 Å². The van der Waals surface area contributed by atoms with E-state index in [1.54, 1.807) is 50.3 Å². The summed E-state index contributed by atoms with van der Waals surface area (Å²) in [5, 5.41) is 10.9. The summed E-state index contributed by atoms with van der Waals surface area (Å²) in [5.41, 5.74) is 3.45. The largest absolute Gasteiger partial charge is 0.493 e. The van der Waals surface area contributed by atoms with Crippen molar-refractivity contribution in [3.05, 3.63) is 52.7 Å². The van der Waals surface area contributed by atoms with Crippen molar-refractivity contribution >= 4 is 34.9 Å². The van der Waals surface area contributed by atoms with Crippen molar-refractivity contribution in [2.45, 2.75) is 26.0 Å². The number of fused-ring (bicyclic) bond motifs is 1. The van der Waals surface area contributed by atoms with E-state index >= 15 is 0 Å².